The summed E-state index contributed by atoms with van der Waals surface area (Å²) in [5.74, 6) is 0.0332. The quantitative estimate of drug-likeness (QED) is 0.695. The van der Waals surface area contributed by atoms with Crippen LogP contribution in [0.5, 0.6) is 0 Å². The first-order valence-electron chi connectivity index (χ1n) is 10.2. The van der Waals surface area contributed by atoms with Crippen molar-refractivity contribution in [2.45, 2.75) is 32.4 Å². The van der Waals surface area contributed by atoms with E-state index in [-0.39, 0.29) is 17.7 Å². The molecule has 152 valence electrons. The Kier molecular flexibility index (Phi) is 5.76. The summed E-state index contributed by atoms with van der Waals surface area (Å²) in [7, 11) is 0. The minimum absolute atomic E-state index is 0.0410. The number of pyridine rings is 1. The second-order valence-corrected chi connectivity index (χ2v) is 7.56. The minimum atomic E-state index is -0.308. The van der Waals surface area contributed by atoms with Crippen molar-refractivity contribution in [3.63, 3.8) is 0 Å². The van der Waals surface area contributed by atoms with Gasteiger partial charge in [0.15, 0.2) is 5.58 Å². The maximum absolute atomic E-state index is 12.5. The lowest BCUT2D eigenvalue weighted by atomic mass is 9.89. The summed E-state index contributed by atoms with van der Waals surface area (Å²) in [5.41, 5.74) is 2.11. The Morgan fingerprint density at radius 3 is 2.79 bits per heavy atom. The molecular weight excluding hydrogens is 368 g/mol. The van der Waals surface area contributed by atoms with Crippen molar-refractivity contribution < 1.29 is 9.21 Å². The Morgan fingerprint density at radius 1 is 1.21 bits per heavy atom. The smallest absolute Gasteiger partial charge is 0.408 e. The molecular formula is C22H26N4O3. The van der Waals surface area contributed by atoms with E-state index in [4.69, 9.17) is 4.42 Å². The highest BCUT2D eigenvalue weighted by Crippen LogP contribution is 2.21. The Bertz CT molecular complexity index is 1030. The molecule has 7 heteroatoms. The van der Waals surface area contributed by atoms with Crippen molar-refractivity contribution in [3.05, 3.63) is 64.9 Å². The van der Waals surface area contributed by atoms with Gasteiger partial charge in [-0.05, 0) is 36.6 Å². The number of amides is 1. The van der Waals surface area contributed by atoms with Crippen LogP contribution < -0.4 is 11.1 Å². The second-order valence-electron chi connectivity index (χ2n) is 7.56. The lowest BCUT2D eigenvalue weighted by Gasteiger charge is -2.38. The number of rotatable bonds is 6. The van der Waals surface area contributed by atoms with Crippen LogP contribution in [0.15, 0.2) is 58.0 Å². The fourth-order valence-corrected chi connectivity index (χ4v) is 4.14. The van der Waals surface area contributed by atoms with Crippen molar-refractivity contribution in [1.82, 2.24) is 19.8 Å². The van der Waals surface area contributed by atoms with Crippen LogP contribution in [0.3, 0.4) is 0 Å². The monoisotopic (exact) mass is 394 g/mol. The third-order valence-electron chi connectivity index (χ3n) is 5.81. The summed E-state index contributed by atoms with van der Waals surface area (Å²) in [6, 6.07) is 11.1. The van der Waals surface area contributed by atoms with Crippen molar-refractivity contribution in [3.8, 4) is 0 Å². The number of likely N-dealkylation sites (tertiary alicyclic amines) is 1. The zero-order chi connectivity index (χ0) is 20.2. The van der Waals surface area contributed by atoms with Gasteiger partial charge in [-0.1, -0.05) is 25.5 Å². The molecule has 1 aromatic carbocycles. The first-order valence-corrected chi connectivity index (χ1v) is 10.2. The van der Waals surface area contributed by atoms with Crippen LogP contribution in [0.25, 0.3) is 11.1 Å². The minimum Gasteiger partial charge on any atom is -0.408 e. The number of benzene rings is 1. The number of oxazole rings is 1. The number of carbonyl (C=O) groups excluding carboxylic acids is 1. The molecule has 2 atom stereocenters. The number of para-hydroxylation sites is 2. The van der Waals surface area contributed by atoms with Crippen LogP contribution in [0.4, 0.5) is 0 Å². The highest BCUT2D eigenvalue weighted by Gasteiger charge is 2.29. The van der Waals surface area contributed by atoms with Gasteiger partial charge in [-0.25, -0.2) is 4.79 Å². The van der Waals surface area contributed by atoms with Gasteiger partial charge in [0.2, 0.25) is 0 Å². The molecule has 1 amide bonds. The first kappa shape index (κ1) is 19.4. The van der Waals surface area contributed by atoms with Crippen LogP contribution in [0.1, 0.15) is 30.1 Å². The predicted molar refractivity (Wildman–Crippen MR) is 111 cm³/mol. The molecule has 29 heavy (non-hydrogen) atoms. The molecule has 4 rings (SSSR count). The van der Waals surface area contributed by atoms with Gasteiger partial charge in [-0.3, -0.25) is 14.3 Å². The number of fused-ring (bicyclic) bond motifs is 1. The topological polar surface area (TPSA) is 80.4 Å². The number of nitrogens with zero attached hydrogens (tertiary/aromatic N) is 3. The van der Waals surface area contributed by atoms with E-state index in [2.05, 4.69) is 22.1 Å². The average Bonchev–Trinajstić information content (AvgIpc) is 3.08. The van der Waals surface area contributed by atoms with Crippen LogP contribution in [0.2, 0.25) is 0 Å². The summed E-state index contributed by atoms with van der Waals surface area (Å²) in [4.78, 5) is 31.0. The van der Waals surface area contributed by atoms with Gasteiger partial charge < -0.3 is 14.6 Å². The molecule has 7 nitrogen and oxygen atoms in total. The summed E-state index contributed by atoms with van der Waals surface area (Å²) in [6.45, 7) is 5.34. The molecule has 0 saturated carbocycles. The third-order valence-corrected chi connectivity index (χ3v) is 5.81. The van der Waals surface area contributed by atoms with Gasteiger partial charge in [-0.15, -0.1) is 0 Å². The van der Waals surface area contributed by atoms with Crippen molar-refractivity contribution in [1.29, 1.82) is 0 Å². The van der Waals surface area contributed by atoms with Gasteiger partial charge in [0.1, 0.15) is 0 Å². The molecule has 1 saturated heterocycles. The fourth-order valence-electron chi connectivity index (χ4n) is 4.14. The van der Waals surface area contributed by atoms with E-state index < -0.39 is 0 Å². The van der Waals surface area contributed by atoms with Crippen molar-refractivity contribution in [2.75, 3.05) is 19.6 Å². The van der Waals surface area contributed by atoms with Crippen molar-refractivity contribution in [2.24, 2.45) is 5.92 Å². The van der Waals surface area contributed by atoms with E-state index in [1.54, 1.807) is 29.1 Å². The number of nitrogens with one attached hydrogen (secondary N) is 1. The number of hydrogen-bond donors (Lipinski definition) is 1. The van der Waals surface area contributed by atoms with Gasteiger partial charge in [0.05, 0.1) is 5.52 Å². The summed E-state index contributed by atoms with van der Waals surface area (Å²) in [6.07, 6.45) is 5.16. The molecule has 3 aromatic rings. The molecule has 2 aromatic heterocycles. The van der Waals surface area contributed by atoms with Crippen molar-refractivity contribution >= 4 is 17.0 Å². The Morgan fingerprint density at radius 2 is 2.00 bits per heavy atom. The van der Waals surface area contributed by atoms with Crippen LogP contribution in [-0.4, -0.2) is 46.0 Å². The average molecular weight is 394 g/mol. The SMILES string of the molecule is CC[C@@H]1CN(CCn2c(=O)oc3ccccc32)CC[C@@H]1NC(=O)c1ccncc1. The maximum atomic E-state index is 12.5. The Hall–Kier alpha value is -2.93. The highest BCUT2D eigenvalue weighted by atomic mass is 16.4. The van der Waals surface area contributed by atoms with E-state index in [0.717, 1.165) is 38.0 Å². The van der Waals surface area contributed by atoms with Crippen LogP contribution in [0, 0.1) is 5.92 Å². The number of aromatic nitrogens is 2. The summed E-state index contributed by atoms with van der Waals surface area (Å²) in [5, 5.41) is 3.20. The third kappa shape index (κ3) is 4.24. The second kappa shape index (κ2) is 8.61. The zero-order valence-corrected chi connectivity index (χ0v) is 16.6. The predicted octanol–water partition coefficient (Wildman–Crippen LogP) is 2.52. The Labute approximate surface area is 169 Å². The summed E-state index contributed by atoms with van der Waals surface area (Å²) < 4.78 is 7.02. The van der Waals surface area contributed by atoms with E-state index in [1.165, 1.54) is 0 Å². The highest BCUT2D eigenvalue weighted by molar-refractivity contribution is 5.94. The van der Waals surface area contributed by atoms with E-state index in [1.807, 2.05) is 24.3 Å². The van der Waals surface area contributed by atoms with Gasteiger partial charge >= 0.3 is 5.76 Å². The molecule has 1 aliphatic heterocycles. The van der Waals surface area contributed by atoms with E-state index >= 15 is 0 Å². The molecule has 0 radical (unpaired) electrons. The number of carbonyl (C=O) groups is 1. The van der Waals surface area contributed by atoms with E-state index in [0.29, 0.717) is 23.6 Å². The molecule has 0 bridgehead atoms. The van der Waals surface area contributed by atoms with Gasteiger partial charge in [-0.2, -0.15) is 0 Å². The standard InChI is InChI=1S/C22H26N4O3/c1-2-16-15-25(12-9-18(16)24-21(27)17-7-10-23-11-8-17)13-14-26-19-5-3-4-6-20(19)29-22(26)28/h3-8,10-11,16,18H,2,9,12-15H2,1H3,(H,24,27)/t16-,18+/m1/s1. The molecule has 0 unspecified atom stereocenters. The molecule has 1 aliphatic rings. The molecule has 0 spiro atoms. The lowest BCUT2D eigenvalue weighted by molar-refractivity contribution is 0.0845. The first-order chi connectivity index (χ1) is 14.2. The maximum Gasteiger partial charge on any atom is 0.419 e. The molecule has 0 aliphatic carbocycles. The Balaban J connectivity index is 1.36. The van der Waals surface area contributed by atoms with Crippen LogP contribution >= 0.6 is 0 Å². The lowest BCUT2D eigenvalue weighted by Crippen LogP contribution is -2.51. The molecule has 1 fully saturated rings. The number of hydrogen-bond acceptors (Lipinski definition) is 5. The molecule has 1 N–H and O–H groups in total. The van der Waals surface area contributed by atoms with Gasteiger partial charge in [0, 0.05) is 50.2 Å². The zero-order valence-electron chi connectivity index (χ0n) is 16.6. The fraction of sp³-hybridized carbons (Fsp3) is 0.409. The normalized spacial score (nSPS) is 20.0. The summed E-state index contributed by atoms with van der Waals surface area (Å²) >= 11 is 0. The van der Waals surface area contributed by atoms with Gasteiger partial charge in [0.25, 0.3) is 5.91 Å². The molecule has 3 heterocycles. The largest absolute Gasteiger partial charge is 0.419 e. The van der Waals surface area contributed by atoms with Crippen LogP contribution in [-0.2, 0) is 6.54 Å². The van der Waals surface area contributed by atoms with E-state index in [9.17, 15) is 9.59 Å². The number of piperidine rings is 1.